The van der Waals surface area contributed by atoms with E-state index in [0.717, 1.165) is 0 Å². The molecule has 0 spiro atoms. The molecule has 0 aliphatic carbocycles. The number of nitrogens with one attached hydrogen (secondary N) is 1. The fraction of sp³-hybridized carbons (Fsp3) is 0.429. The maximum atomic E-state index is 12.2. The fourth-order valence-corrected chi connectivity index (χ4v) is 2.69. The van der Waals surface area contributed by atoms with Gasteiger partial charge in [0.15, 0.2) is 11.0 Å². The molecule has 0 atom stereocenters. The number of H-pyrrole nitrogens is 1. The standard InChI is InChI=1S/C14H16ClN5O3/c15-11-9-10(23-18-11)1-2-12(21)19-5-7-20(8-6-19)13-14(22)17-4-3-16-13/h3-4,9H,1-2,5-8H2,(H,17,22). The summed E-state index contributed by atoms with van der Waals surface area (Å²) in [5.74, 6) is 1.05. The minimum atomic E-state index is -0.213. The number of amides is 1. The molecule has 2 aromatic heterocycles. The van der Waals surface area contributed by atoms with Gasteiger partial charge in [0.2, 0.25) is 5.91 Å². The number of aryl methyl sites for hydroxylation is 1. The SMILES string of the molecule is O=C(CCc1cc(Cl)no1)N1CCN(c2ncc[nH]c2=O)CC1. The van der Waals surface area contributed by atoms with Crippen molar-refractivity contribution in [1.29, 1.82) is 0 Å². The highest BCUT2D eigenvalue weighted by atomic mass is 35.5. The van der Waals surface area contributed by atoms with Gasteiger partial charge < -0.3 is 19.3 Å². The summed E-state index contributed by atoms with van der Waals surface area (Å²) in [5, 5.41) is 3.87. The Morgan fingerprint density at radius 1 is 1.35 bits per heavy atom. The minimum Gasteiger partial charge on any atom is -0.360 e. The summed E-state index contributed by atoms with van der Waals surface area (Å²) in [6, 6.07) is 1.61. The topological polar surface area (TPSA) is 95.3 Å². The van der Waals surface area contributed by atoms with Crippen molar-refractivity contribution in [3.63, 3.8) is 0 Å². The van der Waals surface area contributed by atoms with Crippen molar-refractivity contribution in [3.05, 3.63) is 39.7 Å². The summed E-state index contributed by atoms with van der Waals surface area (Å²) in [6.07, 6.45) is 3.87. The van der Waals surface area contributed by atoms with Crippen LogP contribution in [0.4, 0.5) is 5.82 Å². The number of nitrogens with zero attached hydrogens (tertiary/aromatic N) is 4. The van der Waals surface area contributed by atoms with E-state index in [-0.39, 0.29) is 11.5 Å². The quantitative estimate of drug-likeness (QED) is 0.882. The molecule has 0 bridgehead atoms. The fourth-order valence-electron chi connectivity index (χ4n) is 2.53. The molecule has 0 unspecified atom stereocenters. The Labute approximate surface area is 137 Å². The zero-order valence-corrected chi connectivity index (χ0v) is 13.1. The van der Waals surface area contributed by atoms with Crippen LogP contribution in [0.15, 0.2) is 27.8 Å². The highest BCUT2D eigenvalue weighted by Crippen LogP contribution is 2.13. The van der Waals surface area contributed by atoms with E-state index in [1.807, 2.05) is 4.90 Å². The summed E-state index contributed by atoms with van der Waals surface area (Å²) in [7, 11) is 0. The maximum Gasteiger partial charge on any atom is 0.290 e. The number of carbonyl (C=O) groups excluding carboxylic acids is 1. The third-order valence-corrected chi connectivity index (χ3v) is 3.91. The van der Waals surface area contributed by atoms with Crippen molar-refractivity contribution < 1.29 is 9.32 Å². The summed E-state index contributed by atoms with van der Waals surface area (Å²) in [5.41, 5.74) is -0.213. The van der Waals surface area contributed by atoms with E-state index in [0.29, 0.717) is 55.8 Å². The van der Waals surface area contributed by atoms with E-state index >= 15 is 0 Å². The van der Waals surface area contributed by atoms with Gasteiger partial charge in [-0.25, -0.2) is 4.98 Å². The maximum absolute atomic E-state index is 12.2. The van der Waals surface area contributed by atoms with Gasteiger partial charge >= 0.3 is 0 Å². The second-order valence-electron chi connectivity index (χ2n) is 5.23. The van der Waals surface area contributed by atoms with Crippen LogP contribution in [0.5, 0.6) is 0 Å². The summed E-state index contributed by atoms with van der Waals surface area (Å²) in [4.78, 5) is 34.3. The average molecular weight is 338 g/mol. The summed E-state index contributed by atoms with van der Waals surface area (Å²) >= 11 is 5.67. The Morgan fingerprint density at radius 3 is 2.78 bits per heavy atom. The lowest BCUT2D eigenvalue weighted by atomic mass is 10.2. The molecular formula is C14H16ClN5O3. The Hall–Kier alpha value is -2.35. The van der Waals surface area contributed by atoms with E-state index in [1.54, 1.807) is 17.2 Å². The van der Waals surface area contributed by atoms with E-state index in [1.165, 1.54) is 6.20 Å². The van der Waals surface area contributed by atoms with Crippen molar-refractivity contribution in [2.45, 2.75) is 12.8 Å². The number of anilines is 1. The number of aromatic amines is 1. The van der Waals surface area contributed by atoms with Crippen LogP contribution in [0.1, 0.15) is 12.2 Å². The van der Waals surface area contributed by atoms with Gasteiger partial charge in [0.25, 0.3) is 5.56 Å². The molecular weight excluding hydrogens is 322 g/mol. The monoisotopic (exact) mass is 337 g/mol. The molecule has 0 saturated carbocycles. The van der Waals surface area contributed by atoms with Crippen molar-refractivity contribution in [2.75, 3.05) is 31.1 Å². The average Bonchev–Trinajstić information content (AvgIpc) is 2.99. The van der Waals surface area contributed by atoms with Crippen LogP contribution in [0.25, 0.3) is 0 Å². The van der Waals surface area contributed by atoms with Crippen LogP contribution in [-0.2, 0) is 11.2 Å². The first-order valence-electron chi connectivity index (χ1n) is 7.31. The lowest BCUT2D eigenvalue weighted by Gasteiger charge is -2.34. The van der Waals surface area contributed by atoms with Crippen LogP contribution in [-0.4, -0.2) is 52.1 Å². The summed E-state index contributed by atoms with van der Waals surface area (Å²) < 4.78 is 4.98. The van der Waals surface area contributed by atoms with Gasteiger partial charge in [-0.2, -0.15) is 0 Å². The first kappa shape index (κ1) is 15.5. The molecule has 2 aromatic rings. The van der Waals surface area contributed by atoms with Crippen LogP contribution in [0.3, 0.4) is 0 Å². The molecule has 23 heavy (non-hydrogen) atoms. The lowest BCUT2D eigenvalue weighted by molar-refractivity contribution is -0.131. The predicted octanol–water partition coefficient (Wildman–Crippen LogP) is 0.693. The van der Waals surface area contributed by atoms with Gasteiger partial charge in [-0.15, -0.1) is 0 Å². The molecule has 3 heterocycles. The van der Waals surface area contributed by atoms with Gasteiger partial charge in [-0.3, -0.25) is 9.59 Å². The Morgan fingerprint density at radius 2 is 2.13 bits per heavy atom. The number of aromatic nitrogens is 3. The Balaban J connectivity index is 1.51. The second kappa shape index (κ2) is 6.82. The number of halogens is 1. The smallest absolute Gasteiger partial charge is 0.290 e. The van der Waals surface area contributed by atoms with Crippen molar-refractivity contribution >= 4 is 23.3 Å². The number of hydrogen-bond donors (Lipinski definition) is 1. The molecule has 1 aliphatic rings. The molecule has 3 rings (SSSR count). The zero-order chi connectivity index (χ0) is 16.2. The van der Waals surface area contributed by atoms with E-state index < -0.39 is 0 Å². The van der Waals surface area contributed by atoms with Crippen LogP contribution in [0, 0.1) is 0 Å². The largest absolute Gasteiger partial charge is 0.360 e. The molecule has 0 aromatic carbocycles. The zero-order valence-electron chi connectivity index (χ0n) is 12.4. The second-order valence-corrected chi connectivity index (χ2v) is 5.61. The third-order valence-electron chi connectivity index (χ3n) is 3.74. The molecule has 1 saturated heterocycles. The third kappa shape index (κ3) is 3.70. The molecule has 0 radical (unpaired) electrons. The first-order valence-corrected chi connectivity index (χ1v) is 7.69. The molecule has 122 valence electrons. The number of piperazine rings is 1. The van der Waals surface area contributed by atoms with Crippen LogP contribution < -0.4 is 10.5 Å². The van der Waals surface area contributed by atoms with E-state index in [2.05, 4.69) is 15.1 Å². The van der Waals surface area contributed by atoms with E-state index in [4.69, 9.17) is 16.1 Å². The van der Waals surface area contributed by atoms with Crippen molar-refractivity contribution in [1.82, 2.24) is 20.0 Å². The van der Waals surface area contributed by atoms with Gasteiger partial charge in [0.1, 0.15) is 5.76 Å². The normalized spacial score (nSPS) is 15.0. The van der Waals surface area contributed by atoms with Gasteiger partial charge in [-0.1, -0.05) is 16.8 Å². The number of carbonyl (C=O) groups is 1. The van der Waals surface area contributed by atoms with Gasteiger partial charge in [-0.05, 0) is 0 Å². The Kier molecular flexibility index (Phi) is 4.61. The van der Waals surface area contributed by atoms with Gasteiger partial charge in [0.05, 0.1) is 0 Å². The van der Waals surface area contributed by atoms with Crippen molar-refractivity contribution in [2.24, 2.45) is 0 Å². The predicted molar refractivity (Wildman–Crippen MR) is 83.5 cm³/mol. The number of rotatable bonds is 4. The highest BCUT2D eigenvalue weighted by molar-refractivity contribution is 6.29. The molecule has 1 fully saturated rings. The lowest BCUT2D eigenvalue weighted by Crippen LogP contribution is -2.50. The number of hydrogen-bond acceptors (Lipinski definition) is 6. The molecule has 1 amide bonds. The Bertz CT molecular complexity index is 736. The first-order chi connectivity index (χ1) is 11.1. The van der Waals surface area contributed by atoms with Crippen LogP contribution in [0.2, 0.25) is 5.15 Å². The molecule has 8 nitrogen and oxygen atoms in total. The van der Waals surface area contributed by atoms with Crippen molar-refractivity contribution in [3.8, 4) is 0 Å². The summed E-state index contributed by atoms with van der Waals surface area (Å²) in [6.45, 7) is 2.29. The molecule has 1 N–H and O–H groups in total. The molecule has 1 aliphatic heterocycles. The minimum absolute atomic E-state index is 0.0482. The highest BCUT2D eigenvalue weighted by Gasteiger charge is 2.23. The molecule has 9 heteroatoms. The van der Waals surface area contributed by atoms with Gasteiger partial charge in [0, 0.05) is 57.5 Å². The van der Waals surface area contributed by atoms with Crippen LogP contribution >= 0.6 is 11.6 Å². The van der Waals surface area contributed by atoms with E-state index in [9.17, 15) is 9.59 Å².